The van der Waals surface area contributed by atoms with Gasteiger partial charge in [-0.3, -0.25) is 0 Å². The molecule has 0 aromatic heterocycles. The van der Waals surface area contributed by atoms with Crippen LogP contribution in [0.4, 0.5) is 5.69 Å². The average Bonchev–Trinajstić information content (AvgIpc) is 3.20. The van der Waals surface area contributed by atoms with Gasteiger partial charge in [0.15, 0.2) is 0 Å². The van der Waals surface area contributed by atoms with Gasteiger partial charge in [0.05, 0.1) is 0 Å². The predicted octanol–water partition coefficient (Wildman–Crippen LogP) is 3.74. The van der Waals surface area contributed by atoms with Gasteiger partial charge in [-0.15, -0.1) is 0 Å². The lowest BCUT2D eigenvalue weighted by Crippen LogP contribution is -2.33. The van der Waals surface area contributed by atoms with E-state index < -0.39 is 0 Å². The van der Waals surface area contributed by atoms with Crippen molar-refractivity contribution in [2.45, 2.75) is 58.5 Å². The third kappa shape index (κ3) is 4.54. The van der Waals surface area contributed by atoms with Gasteiger partial charge < -0.3 is 10.2 Å². The highest BCUT2D eigenvalue weighted by molar-refractivity contribution is 5.49. The Kier molecular flexibility index (Phi) is 5.26. The van der Waals surface area contributed by atoms with Crippen molar-refractivity contribution >= 4 is 5.69 Å². The highest BCUT2D eigenvalue weighted by atomic mass is 15.1. The molecule has 106 valence electrons. The number of hydrogen-bond acceptors (Lipinski definition) is 2. The third-order valence-corrected chi connectivity index (χ3v) is 4.02. The summed E-state index contributed by atoms with van der Waals surface area (Å²) >= 11 is 0. The molecule has 1 aromatic rings. The van der Waals surface area contributed by atoms with Crippen molar-refractivity contribution < 1.29 is 0 Å². The molecule has 0 radical (unpaired) electrons. The number of anilines is 1. The van der Waals surface area contributed by atoms with Crippen LogP contribution in [0.2, 0.25) is 0 Å². The summed E-state index contributed by atoms with van der Waals surface area (Å²) in [4.78, 5) is 2.52. The fourth-order valence-corrected chi connectivity index (χ4v) is 2.70. The summed E-state index contributed by atoms with van der Waals surface area (Å²) < 4.78 is 0. The first-order valence-corrected chi connectivity index (χ1v) is 7.77. The van der Waals surface area contributed by atoms with Crippen LogP contribution in [0.3, 0.4) is 0 Å². The summed E-state index contributed by atoms with van der Waals surface area (Å²) in [5.41, 5.74) is 2.71. The standard InChI is InChI=1S/C17H28N2/c1-4-19(17-9-5-7-14(2)13-17)15(3)8-6-12-18-16-10-11-16/h5,7,9,13,15-16,18H,4,6,8,10-12H2,1-3H3. The zero-order valence-corrected chi connectivity index (χ0v) is 12.7. The maximum absolute atomic E-state index is 3.60. The van der Waals surface area contributed by atoms with Crippen LogP contribution in [0.15, 0.2) is 24.3 Å². The SMILES string of the molecule is CCN(c1cccc(C)c1)C(C)CCCNC1CC1. The smallest absolute Gasteiger partial charge is 0.0371 e. The molecule has 0 aliphatic heterocycles. The number of benzene rings is 1. The van der Waals surface area contributed by atoms with Gasteiger partial charge in [-0.1, -0.05) is 12.1 Å². The van der Waals surface area contributed by atoms with E-state index in [1.165, 1.54) is 43.5 Å². The van der Waals surface area contributed by atoms with E-state index in [-0.39, 0.29) is 0 Å². The van der Waals surface area contributed by atoms with Crippen molar-refractivity contribution in [2.24, 2.45) is 0 Å². The molecule has 2 nitrogen and oxygen atoms in total. The Hall–Kier alpha value is -1.02. The Morgan fingerprint density at radius 3 is 2.79 bits per heavy atom. The molecule has 2 rings (SSSR count). The average molecular weight is 260 g/mol. The van der Waals surface area contributed by atoms with Crippen molar-refractivity contribution in [1.82, 2.24) is 5.32 Å². The van der Waals surface area contributed by atoms with Crippen LogP contribution in [0.1, 0.15) is 45.1 Å². The molecule has 1 N–H and O–H groups in total. The van der Waals surface area contributed by atoms with Crippen LogP contribution in [-0.4, -0.2) is 25.2 Å². The van der Waals surface area contributed by atoms with Gasteiger partial charge in [-0.2, -0.15) is 0 Å². The molecule has 0 bridgehead atoms. The van der Waals surface area contributed by atoms with Gasteiger partial charge in [-0.05, 0) is 70.7 Å². The Labute approximate surface area is 118 Å². The van der Waals surface area contributed by atoms with Crippen molar-refractivity contribution in [3.63, 3.8) is 0 Å². The van der Waals surface area contributed by atoms with E-state index >= 15 is 0 Å². The molecule has 0 heterocycles. The molecule has 1 aliphatic carbocycles. The molecule has 1 atom stereocenters. The van der Waals surface area contributed by atoms with Crippen LogP contribution in [0.5, 0.6) is 0 Å². The zero-order chi connectivity index (χ0) is 13.7. The lowest BCUT2D eigenvalue weighted by molar-refractivity contribution is 0.543. The van der Waals surface area contributed by atoms with Gasteiger partial charge in [0.25, 0.3) is 0 Å². The maximum Gasteiger partial charge on any atom is 0.0371 e. The minimum absolute atomic E-state index is 0.618. The Bertz CT molecular complexity index is 385. The normalized spacial score (nSPS) is 16.4. The molecule has 0 amide bonds. The number of aryl methyl sites for hydroxylation is 1. The van der Waals surface area contributed by atoms with Crippen molar-refractivity contribution in [1.29, 1.82) is 0 Å². The molecular formula is C17H28N2. The largest absolute Gasteiger partial charge is 0.369 e. The summed E-state index contributed by atoms with van der Waals surface area (Å²) in [6.45, 7) is 9.03. The van der Waals surface area contributed by atoms with Gasteiger partial charge in [0.1, 0.15) is 0 Å². The highest BCUT2D eigenvalue weighted by Gasteiger charge is 2.20. The van der Waals surface area contributed by atoms with Crippen molar-refractivity contribution in [3.05, 3.63) is 29.8 Å². The monoisotopic (exact) mass is 260 g/mol. The van der Waals surface area contributed by atoms with E-state index in [2.05, 4.69) is 55.3 Å². The molecule has 0 spiro atoms. The van der Waals surface area contributed by atoms with Gasteiger partial charge >= 0.3 is 0 Å². The first-order valence-electron chi connectivity index (χ1n) is 7.77. The van der Waals surface area contributed by atoms with E-state index in [9.17, 15) is 0 Å². The van der Waals surface area contributed by atoms with E-state index in [4.69, 9.17) is 0 Å². The fraction of sp³-hybridized carbons (Fsp3) is 0.647. The van der Waals surface area contributed by atoms with E-state index in [0.717, 1.165) is 12.6 Å². The number of nitrogens with zero attached hydrogens (tertiary/aromatic N) is 1. The summed E-state index contributed by atoms with van der Waals surface area (Å²) in [5.74, 6) is 0. The third-order valence-electron chi connectivity index (χ3n) is 4.02. The quantitative estimate of drug-likeness (QED) is 0.716. The van der Waals surface area contributed by atoms with Crippen molar-refractivity contribution in [2.75, 3.05) is 18.0 Å². The molecule has 2 heteroatoms. The number of nitrogens with one attached hydrogen (secondary N) is 1. The first kappa shape index (κ1) is 14.4. The Morgan fingerprint density at radius 2 is 2.16 bits per heavy atom. The highest BCUT2D eigenvalue weighted by Crippen LogP contribution is 2.21. The Balaban J connectivity index is 1.81. The number of rotatable bonds is 8. The molecule has 1 aliphatic rings. The van der Waals surface area contributed by atoms with E-state index in [1.807, 2.05) is 0 Å². The van der Waals surface area contributed by atoms with Gasteiger partial charge in [0.2, 0.25) is 0 Å². The summed E-state index contributed by atoms with van der Waals surface area (Å²) in [5, 5.41) is 3.60. The molecule has 1 saturated carbocycles. The zero-order valence-electron chi connectivity index (χ0n) is 12.7. The van der Waals surface area contributed by atoms with E-state index in [1.54, 1.807) is 0 Å². The minimum Gasteiger partial charge on any atom is -0.369 e. The number of hydrogen-bond donors (Lipinski definition) is 1. The fourth-order valence-electron chi connectivity index (χ4n) is 2.70. The van der Waals surface area contributed by atoms with Crippen molar-refractivity contribution in [3.8, 4) is 0 Å². The van der Waals surface area contributed by atoms with Gasteiger partial charge in [0, 0.05) is 24.3 Å². The second-order valence-corrected chi connectivity index (χ2v) is 5.84. The maximum atomic E-state index is 3.60. The molecule has 1 unspecified atom stereocenters. The van der Waals surface area contributed by atoms with Crippen LogP contribution in [-0.2, 0) is 0 Å². The van der Waals surface area contributed by atoms with Crippen LogP contribution < -0.4 is 10.2 Å². The summed E-state index contributed by atoms with van der Waals surface area (Å²) in [7, 11) is 0. The molecule has 19 heavy (non-hydrogen) atoms. The topological polar surface area (TPSA) is 15.3 Å². The summed E-state index contributed by atoms with van der Waals surface area (Å²) in [6.07, 6.45) is 5.32. The predicted molar refractivity (Wildman–Crippen MR) is 83.9 cm³/mol. The van der Waals surface area contributed by atoms with Crippen LogP contribution in [0.25, 0.3) is 0 Å². The molecule has 1 aromatic carbocycles. The lowest BCUT2D eigenvalue weighted by atomic mass is 10.1. The van der Waals surface area contributed by atoms with Crippen LogP contribution in [0, 0.1) is 6.92 Å². The first-order chi connectivity index (χ1) is 9.20. The second-order valence-electron chi connectivity index (χ2n) is 5.84. The van der Waals surface area contributed by atoms with Crippen LogP contribution >= 0.6 is 0 Å². The minimum atomic E-state index is 0.618. The molecular weight excluding hydrogens is 232 g/mol. The Morgan fingerprint density at radius 1 is 1.37 bits per heavy atom. The lowest BCUT2D eigenvalue weighted by Gasteiger charge is -2.30. The second kappa shape index (κ2) is 6.95. The van der Waals surface area contributed by atoms with E-state index in [0.29, 0.717) is 6.04 Å². The van der Waals surface area contributed by atoms with Gasteiger partial charge in [-0.25, -0.2) is 0 Å². The summed E-state index contributed by atoms with van der Waals surface area (Å²) in [6, 6.07) is 10.3. The molecule has 0 saturated heterocycles. The molecule has 1 fully saturated rings.